The lowest BCUT2D eigenvalue weighted by Crippen LogP contribution is -2.42. The van der Waals surface area contributed by atoms with Gasteiger partial charge in [0, 0.05) is 13.1 Å². The summed E-state index contributed by atoms with van der Waals surface area (Å²) < 4.78 is 0. The van der Waals surface area contributed by atoms with Gasteiger partial charge in [-0.05, 0) is 36.8 Å². The molecule has 1 aromatic heterocycles. The van der Waals surface area contributed by atoms with E-state index in [0.29, 0.717) is 12.3 Å². The van der Waals surface area contributed by atoms with E-state index in [4.69, 9.17) is 21.8 Å². The minimum absolute atomic E-state index is 0.236. The molecule has 0 aliphatic carbocycles. The Morgan fingerprint density at radius 1 is 1.20 bits per heavy atom. The molecule has 0 spiro atoms. The van der Waals surface area contributed by atoms with Crippen LogP contribution in [-0.2, 0) is 0 Å². The van der Waals surface area contributed by atoms with Crippen molar-refractivity contribution < 1.29 is 15.3 Å². The van der Waals surface area contributed by atoms with Gasteiger partial charge in [0.25, 0.3) is 0 Å². The number of rotatable bonds is 5. The second-order valence-corrected chi connectivity index (χ2v) is 5.72. The zero-order chi connectivity index (χ0) is 14.6. The number of aromatic nitrogens is 2. The third-order valence-corrected chi connectivity index (χ3v) is 4.04. The minimum atomic E-state index is -1.36. The Bertz CT molecular complexity index is 417. The summed E-state index contributed by atoms with van der Waals surface area (Å²) in [6.45, 7) is 0.856. The lowest BCUT2D eigenvalue weighted by Gasteiger charge is -2.36. The SMILES string of the molecule is OCC(O)(CO)CC1CCN(c2cnc(Cl)nc2)CC1. The van der Waals surface area contributed by atoms with Crippen molar-refractivity contribution in [2.45, 2.75) is 24.9 Å². The van der Waals surface area contributed by atoms with E-state index in [0.717, 1.165) is 31.6 Å². The maximum atomic E-state index is 9.95. The lowest BCUT2D eigenvalue weighted by atomic mass is 9.85. The van der Waals surface area contributed by atoms with Crippen molar-refractivity contribution in [3.05, 3.63) is 17.7 Å². The van der Waals surface area contributed by atoms with E-state index in [-0.39, 0.29) is 5.28 Å². The van der Waals surface area contributed by atoms with Gasteiger partial charge in [-0.3, -0.25) is 0 Å². The van der Waals surface area contributed by atoms with Gasteiger partial charge in [-0.25, -0.2) is 9.97 Å². The predicted octanol–water partition coefficient (Wildman–Crippen LogP) is 0.452. The molecule has 0 atom stereocenters. The molecule has 1 aliphatic rings. The van der Waals surface area contributed by atoms with Gasteiger partial charge in [0.1, 0.15) is 5.60 Å². The first kappa shape index (κ1) is 15.4. The summed E-state index contributed by atoms with van der Waals surface area (Å²) in [5.41, 5.74) is -0.427. The fraction of sp³-hybridized carbons (Fsp3) is 0.692. The van der Waals surface area contributed by atoms with Crippen LogP contribution in [0.3, 0.4) is 0 Å². The highest BCUT2D eigenvalue weighted by atomic mass is 35.5. The van der Waals surface area contributed by atoms with Crippen LogP contribution in [0.1, 0.15) is 19.3 Å². The molecule has 112 valence electrons. The zero-order valence-electron chi connectivity index (χ0n) is 11.2. The van der Waals surface area contributed by atoms with E-state index in [1.807, 2.05) is 0 Å². The van der Waals surface area contributed by atoms with Gasteiger partial charge in [0.15, 0.2) is 0 Å². The molecule has 0 saturated carbocycles. The molecule has 1 saturated heterocycles. The number of hydrogen-bond acceptors (Lipinski definition) is 6. The van der Waals surface area contributed by atoms with Gasteiger partial charge in [-0.2, -0.15) is 0 Å². The summed E-state index contributed by atoms with van der Waals surface area (Å²) in [4.78, 5) is 10.1. The van der Waals surface area contributed by atoms with Crippen LogP contribution in [0, 0.1) is 5.92 Å². The Hall–Kier alpha value is -0.950. The Balaban J connectivity index is 1.87. The third kappa shape index (κ3) is 3.79. The Kier molecular flexibility index (Phi) is 5.15. The molecule has 1 fully saturated rings. The van der Waals surface area contributed by atoms with Crippen molar-refractivity contribution in [1.29, 1.82) is 0 Å². The molecular formula is C13H20ClN3O3. The van der Waals surface area contributed by atoms with Crippen LogP contribution >= 0.6 is 11.6 Å². The van der Waals surface area contributed by atoms with E-state index < -0.39 is 18.8 Å². The van der Waals surface area contributed by atoms with E-state index in [2.05, 4.69) is 14.9 Å². The van der Waals surface area contributed by atoms with Gasteiger partial charge in [0.2, 0.25) is 5.28 Å². The predicted molar refractivity (Wildman–Crippen MR) is 75.7 cm³/mol. The first-order valence-electron chi connectivity index (χ1n) is 6.73. The number of nitrogens with zero attached hydrogens (tertiary/aromatic N) is 3. The van der Waals surface area contributed by atoms with Gasteiger partial charge < -0.3 is 20.2 Å². The number of aliphatic hydroxyl groups is 3. The van der Waals surface area contributed by atoms with Gasteiger partial charge in [-0.15, -0.1) is 0 Å². The summed E-state index contributed by atoms with van der Waals surface area (Å²) in [5, 5.41) is 28.4. The molecule has 6 nitrogen and oxygen atoms in total. The second-order valence-electron chi connectivity index (χ2n) is 5.39. The van der Waals surface area contributed by atoms with Crippen LogP contribution in [0.4, 0.5) is 5.69 Å². The van der Waals surface area contributed by atoms with Crippen molar-refractivity contribution in [3.8, 4) is 0 Å². The van der Waals surface area contributed by atoms with E-state index in [1.165, 1.54) is 0 Å². The molecule has 20 heavy (non-hydrogen) atoms. The Morgan fingerprint density at radius 2 is 1.75 bits per heavy atom. The molecule has 7 heteroatoms. The zero-order valence-corrected chi connectivity index (χ0v) is 12.0. The lowest BCUT2D eigenvalue weighted by molar-refractivity contribution is -0.0717. The molecule has 2 heterocycles. The van der Waals surface area contributed by atoms with Crippen LogP contribution < -0.4 is 4.90 Å². The highest BCUT2D eigenvalue weighted by Crippen LogP contribution is 2.28. The number of anilines is 1. The van der Waals surface area contributed by atoms with Crippen molar-refractivity contribution in [3.63, 3.8) is 0 Å². The molecule has 0 aromatic carbocycles. The van der Waals surface area contributed by atoms with Crippen LogP contribution in [0.5, 0.6) is 0 Å². The highest BCUT2D eigenvalue weighted by Gasteiger charge is 2.31. The quantitative estimate of drug-likeness (QED) is 0.684. The maximum absolute atomic E-state index is 9.95. The molecule has 1 aromatic rings. The Labute approximate surface area is 123 Å². The van der Waals surface area contributed by atoms with Gasteiger partial charge >= 0.3 is 0 Å². The third-order valence-electron chi connectivity index (χ3n) is 3.84. The van der Waals surface area contributed by atoms with Crippen molar-refractivity contribution in [1.82, 2.24) is 9.97 Å². The molecule has 1 aliphatic heterocycles. The molecule has 0 bridgehead atoms. The molecule has 0 unspecified atom stereocenters. The molecule has 2 rings (SSSR count). The summed E-state index contributed by atoms with van der Waals surface area (Å²) in [6, 6.07) is 0. The van der Waals surface area contributed by atoms with Gasteiger partial charge in [0.05, 0.1) is 31.3 Å². The normalized spacial score (nSPS) is 17.5. The van der Waals surface area contributed by atoms with Crippen molar-refractivity contribution in [2.75, 3.05) is 31.2 Å². The molecule has 3 N–H and O–H groups in total. The van der Waals surface area contributed by atoms with E-state index in [9.17, 15) is 5.11 Å². The number of aliphatic hydroxyl groups excluding tert-OH is 2. The standard InChI is InChI=1S/C13H20ClN3O3/c14-12-15-6-11(7-16-12)17-3-1-10(2-4-17)5-13(20,8-18)9-19/h6-7,10,18-20H,1-5,8-9H2. The Morgan fingerprint density at radius 3 is 2.25 bits per heavy atom. The van der Waals surface area contributed by atoms with Crippen LogP contribution in [0.15, 0.2) is 12.4 Å². The van der Waals surface area contributed by atoms with E-state index >= 15 is 0 Å². The summed E-state index contributed by atoms with van der Waals surface area (Å²) >= 11 is 5.66. The van der Waals surface area contributed by atoms with Crippen molar-refractivity contribution >= 4 is 17.3 Å². The average molecular weight is 302 g/mol. The van der Waals surface area contributed by atoms with Crippen LogP contribution in [0.2, 0.25) is 5.28 Å². The smallest absolute Gasteiger partial charge is 0.222 e. The number of hydrogen-bond donors (Lipinski definition) is 3. The van der Waals surface area contributed by atoms with Gasteiger partial charge in [-0.1, -0.05) is 0 Å². The van der Waals surface area contributed by atoms with Crippen LogP contribution in [0.25, 0.3) is 0 Å². The fourth-order valence-electron chi connectivity index (χ4n) is 2.58. The maximum Gasteiger partial charge on any atom is 0.222 e. The second kappa shape index (κ2) is 6.67. The summed E-state index contributed by atoms with van der Waals surface area (Å²) in [6.07, 6.45) is 5.61. The molecular weight excluding hydrogens is 282 g/mol. The fourth-order valence-corrected chi connectivity index (χ4v) is 2.68. The van der Waals surface area contributed by atoms with Crippen molar-refractivity contribution in [2.24, 2.45) is 5.92 Å². The minimum Gasteiger partial charge on any atom is -0.393 e. The average Bonchev–Trinajstić information content (AvgIpc) is 2.49. The molecule has 0 amide bonds. The molecule has 0 radical (unpaired) electrons. The highest BCUT2D eigenvalue weighted by molar-refractivity contribution is 6.28. The topological polar surface area (TPSA) is 89.7 Å². The summed E-state index contributed by atoms with van der Waals surface area (Å²) in [5.74, 6) is 0.295. The van der Waals surface area contributed by atoms with Crippen LogP contribution in [-0.4, -0.2) is 57.2 Å². The number of halogens is 1. The van der Waals surface area contributed by atoms with E-state index in [1.54, 1.807) is 12.4 Å². The first-order valence-corrected chi connectivity index (χ1v) is 7.11. The number of piperidine rings is 1. The largest absolute Gasteiger partial charge is 0.393 e. The summed E-state index contributed by atoms with van der Waals surface area (Å²) in [7, 11) is 0. The first-order chi connectivity index (χ1) is 9.56. The monoisotopic (exact) mass is 301 g/mol.